The maximum Gasteiger partial charge on any atom is 0.358 e. The van der Waals surface area contributed by atoms with E-state index in [1.807, 2.05) is 36.4 Å². The summed E-state index contributed by atoms with van der Waals surface area (Å²) in [7, 11) is 1.38. The van der Waals surface area contributed by atoms with Gasteiger partial charge < -0.3 is 14.6 Å². The first-order chi connectivity index (χ1) is 12.0. The summed E-state index contributed by atoms with van der Waals surface area (Å²) >= 11 is 0. The van der Waals surface area contributed by atoms with Crippen LogP contribution >= 0.6 is 0 Å². The fourth-order valence-electron chi connectivity index (χ4n) is 2.32. The highest BCUT2D eigenvalue weighted by atomic mass is 16.4. The molecule has 0 aliphatic heterocycles. The molecule has 2 heterocycles. The van der Waals surface area contributed by atoms with Crippen molar-refractivity contribution in [1.82, 2.24) is 9.55 Å². The van der Waals surface area contributed by atoms with Crippen LogP contribution in [0, 0.1) is 0 Å². The molecule has 0 spiro atoms. The van der Waals surface area contributed by atoms with Gasteiger partial charge in [-0.25, -0.2) is 9.78 Å². The summed E-state index contributed by atoms with van der Waals surface area (Å²) in [6.45, 7) is 0. The molecule has 0 atom stereocenters. The van der Waals surface area contributed by atoms with Gasteiger partial charge in [0.2, 0.25) is 5.75 Å². The van der Waals surface area contributed by atoms with E-state index in [1.54, 1.807) is 12.1 Å². The Morgan fingerprint density at radius 2 is 1.92 bits per heavy atom. The summed E-state index contributed by atoms with van der Waals surface area (Å²) in [6, 6.07) is 11.2. The lowest BCUT2D eigenvalue weighted by Gasteiger charge is -2.08. The molecule has 0 unspecified atom stereocenters. The molecule has 1 aromatic carbocycles. The van der Waals surface area contributed by atoms with Gasteiger partial charge in [-0.2, -0.15) is 0 Å². The number of hydrogen-bond donors (Lipinski definition) is 2. The Kier molecular flexibility index (Phi) is 4.21. The minimum Gasteiger partial charge on any atom is -0.501 e. The van der Waals surface area contributed by atoms with Crippen LogP contribution in [0.15, 0.2) is 51.9 Å². The molecule has 0 bridgehead atoms. The number of nitrogens with zero attached hydrogens (tertiary/aromatic N) is 2. The average Bonchev–Trinajstić information content (AvgIpc) is 3.07. The number of carbonyl (C=O) groups is 1. The van der Waals surface area contributed by atoms with Crippen LogP contribution in [-0.4, -0.2) is 25.7 Å². The first-order valence-electron chi connectivity index (χ1n) is 7.33. The highest BCUT2D eigenvalue weighted by Crippen LogP contribution is 2.25. The summed E-state index contributed by atoms with van der Waals surface area (Å²) in [5, 5.41) is 18.8. The van der Waals surface area contributed by atoms with Crippen molar-refractivity contribution in [3.63, 3.8) is 0 Å². The lowest BCUT2D eigenvalue weighted by Crippen LogP contribution is -2.23. The molecule has 0 radical (unpaired) electrons. The number of carboxylic acid groups (broad SMARTS) is 1. The summed E-state index contributed by atoms with van der Waals surface area (Å²) in [6.07, 6.45) is 5.04. The van der Waals surface area contributed by atoms with Gasteiger partial charge in [0.1, 0.15) is 0 Å². The van der Waals surface area contributed by atoms with Crippen LogP contribution in [0.4, 0.5) is 0 Å². The second-order valence-electron chi connectivity index (χ2n) is 5.25. The average molecular weight is 338 g/mol. The standard InChI is InChI=1S/C18H14N2O5/c1-20-16(19-13(18(23)24)14(21)17(20)22)15-12(9-10-25-15)8-7-11-5-3-2-4-6-11/h2-10,21H,1H3,(H,23,24). The lowest BCUT2D eigenvalue weighted by molar-refractivity contribution is 0.0686. The van der Waals surface area contributed by atoms with Gasteiger partial charge in [0.05, 0.1) is 6.26 Å². The van der Waals surface area contributed by atoms with Crippen LogP contribution in [0.5, 0.6) is 5.75 Å². The maximum atomic E-state index is 12.1. The fourth-order valence-corrected chi connectivity index (χ4v) is 2.32. The molecule has 0 aliphatic rings. The smallest absolute Gasteiger partial charge is 0.358 e. The van der Waals surface area contributed by atoms with Gasteiger partial charge in [-0.3, -0.25) is 9.36 Å². The van der Waals surface area contributed by atoms with E-state index in [0.29, 0.717) is 5.56 Å². The van der Waals surface area contributed by atoms with Crippen molar-refractivity contribution in [3.8, 4) is 17.3 Å². The van der Waals surface area contributed by atoms with Crippen LogP contribution in [0.1, 0.15) is 21.6 Å². The molecule has 3 aromatic rings. The summed E-state index contributed by atoms with van der Waals surface area (Å²) < 4.78 is 6.44. The van der Waals surface area contributed by atoms with E-state index in [1.165, 1.54) is 13.3 Å². The van der Waals surface area contributed by atoms with Gasteiger partial charge in [0, 0.05) is 12.6 Å². The number of benzene rings is 1. The van der Waals surface area contributed by atoms with Gasteiger partial charge in [-0.1, -0.05) is 42.5 Å². The second kappa shape index (κ2) is 6.48. The van der Waals surface area contributed by atoms with E-state index in [2.05, 4.69) is 4.98 Å². The van der Waals surface area contributed by atoms with Gasteiger partial charge in [0.15, 0.2) is 17.3 Å². The molecule has 0 saturated carbocycles. The van der Waals surface area contributed by atoms with Crippen molar-refractivity contribution >= 4 is 18.1 Å². The van der Waals surface area contributed by atoms with Gasteiger partial charge in [-0.05, 0) is 11.6 Å². The lowest BCUT2D eigenvalue weighted by atomic mass is 10.1. The zero-order valence-electron chi connectivity index (χ0n) is 13.2. The molecular formula is C18H14N2O5. The molecule has 0 amide bonds. The highest BCUT2D eigenvalue weighted by molar-refractivity contribution is 5.89. The number of aromatic carboxylic acids is 1. The zero-order valence-corrected chi connectivity index (χ0v) is 13.2. The summed E-state index contributed by atoms with van der Waals surface area (Å²) in [5.74, 6) is -2.16. The van der Waals surface area contributed by atoms with Crippen LogP contribution in [0.3, 0.4) is 0 Å². The Labute approximate surface area is 142 Å². The van der Waals surface area contributed by atoms with E-state index in [-0.39, 0.29) is 11.6 Å². The molecule has 3 rings (SSSR count). The Bertz CT molecular complexity index is 1020. The van der Waals surface area contributed by atoms with Crippen molar-refractivity contribution < 1.29 is 19.4 Å². The van der Waals surface area contributed by atoms with E-state index in [4.69, 9.17) is 9.52 Å². The molecule has 25 heavy (non-hydrogen) atoms. The molecule has 0 fully saturated rings. The zero-order chi connectivity index (χ0) is 18.0. The monoisotopic (exact) mass is 338 g/mol. The Morgan fingerprint density at radius 3 is 2.60 bits per heavy atom. The molecule has 126 valence electrons. The Morgan fingerprint density at radius 1 is 1.20 bits per heavy atom. The normalized spacial score (nSPS) is 11.1. The topological polar surface area (TPSA) is 106 Å². The van der Waals surface area contributed by atoms with Gasteiger partial charge >= 0.3 is 5.97 Å². The largest absolute Gasteiger partial charge is 0.501 e. The molecule has 7 heteroatoms. The molecule has 2 N–H and O–H groups in total. The highest BCUT2D eigenvalue weighted by Gasteiger charge is 2.22. The molecular weight excluding hydrogens is 324 g/mol. The Hall–Kier alpha value is -3.61. The number of aromatic hydroxyl groups is 1. The van der Waals surface area contributed by atoms with Crippen LogP contribution < -0.4 is 5.56 Å². The first-order valence-corrected chi connectivity index (χ1v) is 7.33. The first kappa shape index (κ1) is 16.3. The number of carboxylic acids is 1. The fraction of sp³-hybridized carbons (Fsp3) is 0.0556. The quantitative estimate of drug-likeness (QED) is 0.757. The minimum atomic E-state index is -1.50. The van der Waals surface area contributed by atoms with Crippen molar-refractivity contribution in [2.75, 3.05) is 0 Å². The number of aromatic nitrogens is 2. The predicted molar refractivity (Wildman–Crippen MR) is 91.2 cm³/mol. The van der Waals surface area contributed by atoms with Crippen molar-refractivity contribution in [2.45, 2.75) is 0 Å². The van der Waals surface area contributed by atoms with Gasteiger partial charge in [0.25, 0.3) is 5.56 Å². The maximum absolute atomic E-state index is 12.1. The van der Waals surface area contributed by atoms with Crippen LogP contribution in [0.2, 0.25) is 0 Å². The summed E-state index contributed by atoms with van der Waals surface area (Å²) in [5.41, 5.74) is 0.00564. The van der Waals surface area contributed by atoms with Crippen LogP contribution in [-0.2, 0) is 7.05 Å². The number of furan rings is 1. The van der Waals surface area contributed by atoms with Crippen molar-refractivity contribution in [3.05, 3.63) is 69.8 Å². The van der Waals surface area contributed by atoms with Gasteiger partial charge in [-0.15, -0.1) is 0 Å². The third-order valence-electron chi connectivity index (χ3n) is 3.62. The minimum absolute atomic E-state index is 0.0120. The molecule has 0 aliphatic carbocycles. The van der Waals surface area contributed by atoms with E-state index < -0.39 is 23.0 Å². The SMILES string of the molecule is Cn1c(-c2occc2C=Cc2ccccc2)nc(C(=O)O)c(O)c1=O. The number of rotatable bonds is 4. The van der Waals surface area contributed by atoms with Crippen molar-refractivity contribution in [1.29, 1.82) is 0 Å². The number of hydrogen-bond acceptors (Lipinski definition) is 5. The second-order valence-corrected chi connectivity index (χ2v) is 5.25. The molecule has 2 aromatic heterocycles. The Balaban J connectivity index is 2.10. The third-order valence-corrected chi connectivity index (χ3v) is 3.62. The third kappa shape index (κ3) is 3.07. The molecule has 0 saturated heterocycles. The van der Waals surface area contributed by atoms with Crippen LogP contribution in [0.25, 0.3) is 23.7 Å². The van der Waals surface area contributed by atoms with E-state index in [9.17, 15) is 14.7 Å². The summed E-state index contributed by atoms with van der Waals surface area (Å²) in [4.78, 5) is 27.1. The van der Waals surface area contributed by atoms with E-state index in [0.717, 1.165) is 10.1 Å². The van der Waals surface area contributed by atoms with Crippen molar-refractivity contribution in [2.24, 2.45) is 7.05 Å². The predicted octanol–water partition coefficient (Wildman–Crippen LogP) is 2.61. The van der Waals surface area contributed by atoms with E-state index >= 15 is 0 Å². The molecule has 7 nitrogen and oxygen atoms in total.